The van der Waals surface area contributed by atoms with Gasteiger partial charge in [-0.3, -0.25) is 9.69 Å². The molecule has 0 radical (unpaired) electrons. The zero-order valence-electron chi connectivity index (χ0n) is 11.0. The van der Waals surface area contributed by atoms with E-state index in [2.05, 4.69) is 4.90 Å². The van der Waals surface area contributed by atoms with Crippen molar-refractivity contribution in [2.24, 2.45) is 0 Å². The van der Waals surface area contributed by atoms with Crippen molar-refractivity contribution in [3.8, 4) is 11.5 Å². The molecule has 0 aliphatic heterocycles. The molecule has 0 aromatic heterocycles. The van der Waals surface area contributed by atoms with Crippen LogP contribution in [0.2, 0.25) is 0 Å². The summed E-state index contributed by atoms with van der Waals surface area (Å²) in [6, 6.07) is 5.83. The Hall–Kier alpha value is -1.75. The number of para-hydroxylation sites is 1. The van der Waals surface area contributed by atoms with Crippen LogP contribution < -0.4 is 4.74 Å². The number of carboxylic acid groups (broad SMARTS) is 1. The van der Waals surface area contributed by atoms with E-state index in [9.17, 15) is 9.90 Å². The second-order valence-electron chi connectivity index (χ2n) is 4.81. The molecule has 1 aromatic carbocycles. The molecule has 0 saturated heterocycles. The quantitative estimate of drug-likeness (QED) is 0.787. The van der Waals surface area contributed by atoms with E-state index in [1.807, 2.05) is 12.1 Å². The van der Waals surface area contributed by atoms with E-state index in [0.29, 0.717) is 24.9 Å². The highest BCUT2D eigenvalue weighted by molar-refractivity contribution is 5.66. The van der Waals surface area contributed by atoms with E-state index < -0.39 is 5.97 Å². The van der Waals surface area contributed by atoms with Gasteiger partial charge in [0.15, 0.2) is 11.5 Å². The number of carboxylic acids is 1. The molecule has 5 nitrogen and oxygen atoms in total. The minimum absolute atomic E-state index is 0.126. The highest BCUT2D eigenvalue weighted by Gasteiger charge is 2.29. The lowest BCUT2D eigenvalue weighted by atomic mass is 10.1. The van der Waals surface area contributed by atoms with Crippen LogP contribution in [0.1, 0.15) is 24.8 Å². The van der Waals surface area contributed by atoms with Crippen LogP contribution >= 0.6 is 0 Å². The second-order valence-corrected chi connectivity index (χ2v) is 4.81. The van der Waals surface area contributed by atoms with Gasteiger partial charge in [-0.05, 0) is 18.9 Å². The number of aromatic hydroxyl groups is 1. The maximum atomic E-state index is 10.7. The summed E-state index contributed by atoms with van der Waals surface area (Å²) in [4.78, 5) is 12.8. The molecule has 1 aromatic rings. The van der Waals surface area contributed by atoms with Gasteiger partial charge in [-0.1, -0.05) is 12.1 Å². The molecule has 5 heteroatoms. The Balaban J connectivity index is 2.06. The molecular formula is C14H19NO4. The molecule has 0 spiro atoms. The number of benzene rings is 1. The predicted molar refractivity (Wildman–Crippen MR) is 70.3 cm³/mol. The molecule has 2 rings (SSSR count). The SMILES string of the molecule is COc1cccc(CN(CCC(=O)O)C2CC2)c1O. The van der Waals surface area contributed by atoms with Gasteiger partial charge < -0.3 is 14.9 Å². The monoisotopic (exact) mass is 265 g/mol. The molecular weight excluding hydrogens is 246 g/mol. The lowest BCUT2D eigenvalue weighted by Gasteiger charge is -2.22. The van der Waals surface area contributed by atoms with Crippen LogP contribution in [0.15, 0.2) is 18.2 Å². The molecule has 2 N–H and O–H groups in total. The maximum absolute atomic E-state index is 10.7. The van der Waals surface area contributed by atoms with Crippen LogP contribution in [-0.4, -0.2) is 40.8 Å². The Kier molecular flexibility index (Phi) is 4.27. The first-order valence-corrected chi connectivity index (χ1v) is 6.42. The average Bonchev–Trinajstić information content (AvgIpc) is 3.20. The molecule has 19 heavy (non-hydrogen) atoms. The molecule has 0 atom stereocenters. The Labute approximate surface area is 112 Å². The van der Waals surface area contributed by atoms with Gasteiger partial charge in [-0.2, -0.15) is 0 Å². The van der Waals surface area contributed by atoms with Gasteiger partial charge in [0.1, 0.15) is 0 Å². The smallest absolute Gasteiger partial charge is 0.304 e. The number of phenols is 1. The van der Waals surface area contributed by atoms with Crippen molar-refractivity contribution in [2.45, 2.75) is 31.8 Å². The summed E-state index contributed by atoms with van der Waals surface area (Å²) in [5.74, 6) is -0.196. The van der Waals surface area contributed by atoms with Gasteiger partial charge in [0.25, 0.3) is 0 Å². The van der Waals surface area contributed by atoms with E-state index >= 15 is 0 Å². The zero-order valence-corrected chi connectivity index (χ0v) is 11.0. The Morgan fingerprint density at radius 3 is 2.79 bits per heavy atom. The molecule has 0 unspecified atom stereocenters. The fourth-order valence-electron chi connectivity index (χ4n) is 2.15. The Bertz CT molecular complexity index is 457. The highest BCUT2D eigenvalue weighted by Crippen LogP contribution is 2.33. The van der Waals surface area contributed by atoms with Crippen molar-refractivity contribution in [1.29, 1.82) is 0 Å². The lowest BCUT2D eigenvalue weighted by Crippen LogP contribution is -2.28. The van der Waals surface area contributed by atoms with E-state index in [0.717, 1.165) is 18.4 Å². The minimum atomic E-state index is -0.791. The van der Waals surface area contributed by atoms with Crippen LogP contribution in [0.4, 0.5) is 0 Å². The first-order valence-electron chi connectivity index (χ1n) is 6.42. The molecule has 1 aliphatic carbocycles. The van der Waals surface area contributed by atoms with Crippen molar-refractivity contribution in [2.75, 3.05) is 13.7 Å². The third kappa shape index (κ3) is 3.61. The van der Waals surface area contributed by atoms with Crippen molar-refractivity contribution in [1.82, 2.24) is 4.90 Å². The molecule has 104 valence electrons. The van der Waals surface area contributed by atoms with Gasteiger partial charge in [0, 0.05) is 24.7 Å². The van der Waals surface area contributed by atoms with Crippen molar-refractivity contribution in [3.63, 3.8) is 0 Å². The van der Waals surface area contributed by atoms with Gasteiger partial charge >= 0.3 is 5.97 Å². The number of hydrogen-bond donors (Lipinski definition) is 2. The first kappa shape index (κ1) is 13.7. The lowest BCUT2D eigenvalue weighted by molar-refractivity contribution is -0.137. The number of methoxy groups -OCH3 is 1. The normalized spacial score (nSPS) is 14.6. The van der Waals surface area contributed by atoms with E-state index in [4.69, 9.17) is 9.84 Å². The number of carbonyl (C=O) groups is 1. The summed E-state index contributed by atoms with van der Waals surface area (Å²) in [5.41, 5.74) is 0.775. The number of nitrogens with zero attached hydrogens (tertiary/aromatic N) is 1. The molecule has 0 bridgehead atoms. The summed E-state index contributed by atoms with van der Waals surface area (Å²) in [5, 5.41) is 18.8. The Morgan fingerprint density at radius 2 is 2.21 bits per heavy atom. The van der Waals surface area contributed by atoms with Crippen molar-refractivity contribution in [3.05, 3.63) is 23.8 Å². The maximum Gasteiger partial charge on any atom is 0.304 e. The predicted octanol–water partition coefficient (Wildman–Crippen LogP) is 1.84. The van der Waals surface area contributed by atoms with Crippen LogP contribution in [0.25, 0.3) is 0 Å². The fourth-order valence-corrected chi connectivity index (χ4v) is 2.15. The topological polar surface area (TPSA) is 70.0 Å². The van der Waals surface area contributed by atoms with Crippen molar-refractivity contribution >= 4 is 5.97 Å². The first-order chi connectivity index (χ1) is 9.11. The van der Waals surface area contributed by atoms with Crippen LogP contribution in [0.5, 0.6) is 11.5 Å². The molecule has 1 aliphatic rings. The largest absolute Gasteiger partial charge is 0.504 e. The minimum Gasteiger partial charge on any atom is -0.504 e. The van der Waals surface area contributed by atoms with Gasteiger partial charge in [-0.15, -0.1) is 0 Å². The van der Waals surface area contributed by atoms with E-state index in [1.54, 1.807) is 6.07 Å². The number of aliphatic carboxylic acids is 1. The summed E-state index contributed by atoms with van der Waals surface area (Å²) in [7, 11) is 1.52. The summed E-state index contributed by atoms with van der Waals surface area (Å²) in [6.07, 6.45) is 2.33. The number of hydrogen-bond acceptors (Lipinski definition) is 4. The summed E-state index contributed by atoms with van der Waals surface area (Å²) >= 11 is 0. The third-order valence-corrected chi connectivity index (χ3v) is 3.35. The molecule has 0 heterocycles. The van der Waals surface area contributed by atoms with Crippen LogP contribution in [0, 0.1) is 0 Å². The van der Waals surface area contributed by atoms with Crippen LogP contribution in [-0.2, 0) is 11.3 Å². The second kappa shape index (κ2) is 5.93. The average molecular weight is 265 g/mol. The molecule has 1 fully saturated rings. The fraction of sp³-hybridized carbons (Fsp3) is 0.500. The molecule has 1 saturated carbocycles. The third-order valence-electron chi connectivity index (χ3n) is 3.35. The Morgan fingerprint density at radius 1 is 1.47 bits per heavy atom. The molecule has 0 amide bonds. The summed E-state index contributed by atoms with van der Waals surface area (Å²) in [6.45, 7) is 1.07. The standard InChI is InChI=1S/C14H19NO4/c1-19-12-4-2-3-10(14(12)18)9-15(11-5-6-11)8-7-13(16)17/h2-4,11,18H,5-9H2,1H3,(H,16,17). The number of rotatable bonds is 7. The van der Waals surface area contributed by atoms with Crippen LogP contribution in [0.3, 0.4) is 0 Å². The zero-order chi connectivity index (χ0) is 13.8. The van der Waals surface area contributed by atoms with Gasteiger partial charge in [0.05, 0.1) is 13.5 Å². The highest BCUT2D eigenvalue weighted by atomic mass is 16.5. The van der Waals surface area contributed by atoms with Gasteiger partial charge in [0.2, 0.25) is 0 Å². The number of ether oxygens (including phenoxy) is 1. The van der Waals surface area contributed by atoms with E-state index in [1.165, 1.54) is 7.11 Å². The van der Waals surface area contributed by atoms with Gasteiger partial charge in [-0.25, -0.2) is 0 Å². The summed E-state index contributed by atoms with van der Waals surface area (Å²) < 4.78 is 5.08. The van der Waals surface area contributed by atoms with Crippen molar-refractivity contribution < 1.29 is 19.7 Å². The number of phenolic OH excluding ortho intramolecular Hbond substituents is 1. The van der Waals surface area contributed by atoms with E-state index in [-0.39, 0.29) is 12.2 Å².